The van der Waals surface area contributed by atoms with Crippen molar-refractivity contribution in [3.63, 3.8) is 0 Å². The number of aryl methyl sites for hydroxylation is 1. The second kappa shape index (κ2) is 10.1. The Kier molecular flexibility index (Phi) is 7.29. The van der Waals surface area contributed by atoms with Crippen LogP contribution in [0.4, 0.5) is 23.0 Å². The van der Waals surface area contributed by atoms with Crippen molar-refractivity contribution < 1.29 is 4.74 Å². The molecule has 0 aliphatic rings. The molecule has 0 aliphatic heterocycles. The number of ether oxygens (including phenoxy) is 1. The van der Waals surface area contributed by atoms with Crippen LogP contribution in [0.25, 0.3) is 5.82 Å². The van der Waals surface area contributed by atoms with E-state index in [1.165, 1.54) is 6.08 Å². The molecule has 0 bridgehead atoms. The minimum Gasteiger partial charge on any atom is -0.494 e. The van der Waals surface area contributed by atoms with E-state index in [2.05, 4.69) is 36.9 Å². The van der Waals surface area contributed by atoms with Gasteiger partial charge in [-0.3, -0.25) is 0 Å². The van der Waals surface area contributed by atoms with Gasteiger partial charge in [0, 0.05) is 50.7 Å². The van der Waals surface area contributed by atoms with Gasteiger partial charge in [-0.15, -0.1) is 0 Å². The maximum absolute atomic E-state index is 5.90. The molecule has 3 rings (SSSR count). The predicted molar refractivity (Wildman–Crippen MR) is 133 cm³/mol. The fraction of sp³-hybridized carbons (Fsp3) is 0.304. The van der Waals surface area contributed by atoms with E-state index < -0.39 is 0 Å². The number of methoxy groups -OCH3 is 1. The fourth-order valence-corrected chi connectivity index (χ4v) is 3.22. The van der Waals surface area contributed by atoms with Crippen LogP contribution in [0.2, 0.25) is 0 Å². The minimum absolute atomic E-state index is 0.315. The number of hydrogen-bond acceptors (Lipinski definition) is 8. The monoisotopic (exact) mass is 449 g/mol. The van der Waals surface area contributed by atoms with Crippen LogP contribution in [0, 0.1) is 6.92 Å². The van der Waals surface area contributed by atoms with Crippen LogP contribution >= 0.6 is 0 Å². The smallest absolute Gasteiger partial charge is 0.229 e. The maximum Gasteiger partial charge on any atom is 0.229 e. The predicted octanol–water partition coefficient (Wildman–Crippen LogP) is 3.03. The Balaban J connectivity index is 1.98. The molecule has 3 N–H and O–H groups in total. The first-order valence-electron chi connectivity index (χ1n) is 10.4. The SMILES string of the molecule is C=CC(N)=Nc1cc(Nc2nccc(-n3cc(CN(C)C)c(C)n3)n2)c(OC)cc1N(C)C. The van der Waals surface area contributed by atoms with Crippen molar-refractivity contribution in [1.82, 2.24) is 24.6 Å². The molecule has 2 heterocycles. The summed E-state index contributed by atoms with van der Waals surface area (Å²) in [5.74, 6) is 1.98. The van der Waals surface area contributed by atoms with E-state index in [4.69, 9.17) is 10.5 Å². The van der Waals surface area contributed by atoms with Crippen molar-refractivity contribution >= 4 is 28.8 Å². The Labute approximate surface area is 194 Å². The van der Waals surface area contributed by atoms with Crippen LogP contribution in [-0.4, -0.2) is 65.8 Å². The van der Waals surface area contributed by atoms with Gasteiger partial charge in [-0.25, -0.2) is 14.7 Å². The molecule has 0 aliphatic carbocycles. The molecule has 0 fully saturated rings. The van der Waals surface area contributed by atoms with Gasteiger partial charge in [0.25, 0.3) is 0 Å². The number of anilines is 3. The molecule has 33 heavy (non-hydrogen) atoms. The molecule has 0 spiro atoms. The quantitative estimate of drug-likeness (QED) is 0.379. The van der Waals surface area contributed by atoms with Crippen LogP contribution in [0.1, 0.15) is 11.3 Å². The highest BCUT2D eigenvalue weighted by atomic mass is 16.5. The first-order valence-corrected chi connectivity index (χ1v) is 10.4. The van der Waals surface area contributed by atoms with Crippen molar-refractivity contribution in [2.24, 2.45) is 10.7 Å². The van der Waals surface area contributed by atoms with Crippen LogP contribution in [0.3, 0.4) is 0 Å². The van der Waals surface area contributed by atoms with E-state index in [9.17, 15) is 0 Å². The van der Waals surface area contributed by atoms with Crippen molar-refractivity contribution in [1.29, 1.82) is 0 Å². The second-order valence-electron chi connectivity index (χ2n) is 7.96. The van der Waals surface area contributed by atoms with Gasteiger partial charge >= 0.3 is 0 Å². The largest absolute Gasteiger partial charge is 0.494 e. The molecule has 1 aromatic carbocycles. The van der Waals surface area contributed by atoms with Crippen molar-refractivity contribution in [2.45, 2.75) is 13.5 Å². The number of aromatic nitrogens is 4. The van der Waals surface area contributed by atoms with Gasteiger partial charge in [-0.05, 0) is 33.2 Å². The summed E-state index contributed by atoms with van der Waals surface area (Å²) in [5.41, 5.74) is 10.2. The van der Waals surface area contributed by atoms with E-state index in [0.717, 1.165) is 23.5 Å². The molecule has 0 unspecified atom stereocenters. The molecular formula is C23H31N9O. The normalized spacial score (nSPS) is 11.5. The van der Waals surface area contributed by atoms with Gasteiger partial charge in [0.1, 0.15) is 11.6 Å². The zero-order chi connectivity index (χ0) is 24.1. The Morgan fingerprint density at radius 2 is 2.06 bits per heavy atom. The van der Waals surface area contributed by atoms with Crippen molar-refractivity contribution in [3.05, 3.63) is 54.5 Å². The highest BCUT2D eigenvalue weighted by molar-refractivity contribution is 5.95. The summed E-state index contributed by atoms with van der Waals surface area (Å²) in [6.45, 7) is 6.47. The minimum atomic E-state index is 0.315. The Bertz CT molecular complexity index is 1160. The second-order valence-corrected chi connectivity index (χ2v) is 7.96. The highest BCUT2D eigenvalue weighted by Gasteiger charge is 2.14. The summed E-state index contributed by atoms with van der Waals surface area (Å²) in [4.78, 5) is 17.5. The first-order chi connectivity index (χ1) is 15.7. The summed E-state index contributed by atoms with van der Waals surface area (Å²) in [7, 11) is 9.51. The summed E-state index contributed by atoms with van der Waals surface area (Å²) < 4.78 is 7.36. The molecule has 2 aromatic heterocycles. The Morgan fingerprint density at radius 1 is 1.30 bits per heavy atom. The van der Waals surface area contributed by atoms with Crippen molar-refractivity contribution in [2.75, 3.05) is 45.5 Å². The Hall–Kier alpha value is -3.92. The summed E-state index contributed by atoms with van der Waals surface area (Å²) >= 11 is 0. The number of benzene rings is 1. The summed E-state index contributed by atoms with van der Waals surface area (Å²) in [6, 6.07) is 5.53. The number of nitrogens with two attached hydrogens (primary N) is 1. The number of nitrogens with one attached hydrogen (secondary N) is 1. The molecule has 0 atom stereocenters. The molecule has 0 saturated carbocycles. The average Bonchev–Trinajstić information content (AvgIpc) is 3.13. The lowest BCUT2D eigenvalue weighted by atomic mass is 10.2. The lowest BCUT2D eigenvalue weighted by Gasteiger charge is -2.19. The lowest BCUT2D eigenvalue weighted by Crippen LogP contribution is -2.11. The number of hydrogen-bond donors (Lipinski definition) is 2. The van der Waals surface area contributed by atoms with Gasteiger partial charge < -0.3 is 25.6 Å². The van der Waals surface area contributed by atoms with E-state index in [0.29, 0.717) is 34.7 Å². The van der Waals surface area contributed by atoms with Crippen molar-refractivity contribution in [3.8, 4) is 11.6 Å². The molecule has 10 heteroatoms. The van der Waals surface area contributed by atoms with Crippen LogP contribution < -0.4 is 20.7 Å². The van der Waals surface area contributed by atoms with E-state index in [1.54, 1.807) is 18.0 Å². The van der Waals surface area contributed by atoms with Gasteiger partial charge in [0.2, 0.25) is 5.95 Å². The van der Waals surface area contributed by atoms with Crippen LogP contribution in [-0.2, 0) is 6.54 Å². The molecular weight excluding hydrogens is 418 g/mol. The Morgan fingerprint density at radius 3 is 2.70 bits per heavy atom. The van der Waals surface area contributed by atoms with E-state index >= 15 is 0 Å². The summed E-state index contributed by atoms with van der Waals surface area (Å²) in [5, 5.41) is 7.84. The third-order valence-electron chi connectivity index (χ3n) is 4.85. The zero-order valence-electron chi connectivity index (χ0n) is 20.0. The first kappa shape index (κ1) is 23.7. The number of rotatable bonds is 9. The zero-order valence-corrected chi connectivity index (χ0v) is 20.0. The number of aliphatic imine (C=N–C) groups is 1. The fourth-order valence-electron chi connectivity index (χ4n) is 3.22. The third kappa shape index (κ3) is 5.66. The van der Waals surface area contributed by atoms with E-state index in [1.807, 2.05) is 64.4 Å². The molecule has 0 saturated heterocycles. The van der Waals surface area contributed by atoms with Crippen LogP contribution in [0.15, 0.2) is 48.2 Å². The molecule has 0 radical (unpaired) electrons. The maximum atomic E-state index is 5.90. The number of amidine groups is 1. The molecule has 174 valence electrons. The van der Waals surface area contributed by atoms with Gasteiger partial charge in [0.05, 0.1) is 29.9 Å². The average molecular weight is 450 g/mol. The lowest BCUT2D eigenvalue weighted by molar-refractivity contribution is 0.401. The topological polar surface area (TPSA) is 110 Å². The highest BCUT2D eigenvalue weighted by Crippen LogP contribution is 2.39. The van der Waals surface area contributed by atoms with E-state index in [-0.39, 0.29) is 0 Å². The van der Waals surface area contributed by atoms with Gasteiger partial charge in [-0.2, -0.15) is 10.1 Å². The third-order valence-corrected chi connectivity index (χ3v) is 4.85. The molecule has 3 aromatic rings. The standard InChI is InChI=1S/C23H31N9O/c1-8-21(24)26-17-11-18(20(33-7)12-19(17)31(5)6)27-23-25-10-9-22(28-23)32-14-16(13-30(3)4)15(2)29-32/h8-12,14H,1,13H2,2-7H3,(H2,24,26)(H,25,27,28). The van der Waals surface area contributed by atoms with Gasteiger partial charge in [-0.1, -0.05) is 6.58 Å². The van der Waals surface area contributed by atoms with Gasteiger partial charge in [0.15, 0.2) is 5.82 Å². The number of nitrogens with zero attached hydrogens (tertiary/aromatic N) is 7. The van der Waals surface area contributed by atoms with Crippen LogP contribution in [0.5, 0.6) is 5.75 Å². The molecule has 0 amide bonds. The molecule has 10 nitrogen and oxygen atoms in total. The summed E-state index contributed by atoms with van der Waals surface area (Å²) in [6.07, 6.45) is 5.17.